The van der Waals surface area contributed by atoms with Gasteiger partial charge in [0.25, 0.3) is 0 Å². The standard InChI is InChI=1S/C28H31NO5S/c1-4-10-20-25(28(32)34-6-3)22(18-13-14-35-16-18)24-21(29-20)15-19(17-11-8-7-9-12-17)23(26(24)30)27(31)33-5-2/h7-9,11-14,16,19,22-23,29H,4-6,10,15H2,1-3H3/t19-,22-,23+/m0/s1. The first-order valence-corrected chi connectivity index (χ1v) is 13.1. The van der Waals surface area contributed by atoms with E-state index in [9.17, 15) is 14.4 Å². The molecule has 0 unspecified atom stereocenters. The Hall–Kier alpha value is -3.19. The third-order valence-corrected chi connectivity index (χ3v) is 7.25. The van der Waals surface area contributed by atoms with Crippen molar-refractivity contribution in [2.45, 2.75) is 51.9 Å². The van der Waals surface area contributed by atoms with E-state index in [1.54, 1.807) is 13.8 Å². The summed E-state index contributed by atoms with van der Waals surface area (Å²) in [6.45, 7) is 5.99. The lowest BCUT2D eigenvalue weighted by molar-refractivity contribution is -0.152. The van der Waals surface area contributed by atoms with Gasteiger partial charge in [-0.1, -0.05) is 43.7 Å². The molecule has 0 saturated carbocycles. The summed E-state index contributed by atoms with van der Waals surface area (Å²) >= 11 is 1.51. The number of benzene rings is 1. The van der Waals surface area contributed by atoms with Gasteiger partial charge in [0.1, 0.15) is 5.92 Å². The monoisotopic (exact) mass is 493 g/mol. The van der Waals surface area contributed by atoms with Crippen molar-refractivity contribution in [1.29, 1.82) is 0 Å². The molecule has 1 aromatic carbocycles. The molecule has 1 aliphatic carbocycles. The zero-order chi connectivity index (χ0) is 24.9. The Labute approximate surface area is 210 Å². The van der Waals surface area contributed by atoms with E-state index in [1.165, 1.54) is 11.3 Å². The van der Waals surface area contributed by atoms with Crippen LogP contribution in [-0.4, -0.2) is 30.9 Å². The molecule has 1 aliphatic heterocycles. The minimum absolute atomic E-state index is 0.191. The quantitative estimate of drug-likeness (QED) is 0.400. The molecule has 1 aromatic heterocycles. The predicted octanol–water partition coefficient (Wildman–Crippen LogP) is 5.24. The number of carbonyl (C=O) groups excluding carboxylic acids is 3. The molecule has 0 amide bonds. The van der Waals surface area contributed by atoms with Crippen molar-refractivity contribution in [1.82, 2.24) is 5.32 Å². The third-order valence-electron chi connectivity index (χ3n) is 6.54. The van der Waals surface area contributed by atoms with E-state index in [1.807, 2.05) is 47.2 Å². The highest BCUT2D eigenvalue weighted by atomic mass is 32.1. The third kappa shape index (κ3) is 4.82. The van der Waals surface area contributed by atoms with Crippen LogP contribution in [-0.2, 0) is 23.9 Å². The fourth-order valence-electron chi connectivity index (χ4n) is 5.13. The molecule has 2 aliphatic rings. The second-order valence-corrected chi connectivity index (χ2v) is 9.46. The summed E-state index contributed by atoms with van der Waals surface area (Å²) in [7, 11) is 0. The van der Waals surface area contributed by atoms with E-state index in [2.05, 4.69) is 12.2 Å². The lowest BCUT2D eigenvalue weighted by Crippen LogP contribution is -2.43. The van der Waals surface area contributed by atoms with Crippen LogP contribution >= 0.6 is 11.3 Å². The molecule has 0 saturated heterocycles. The SMILES string of the molecule is CCCC1=C(C(=O)OCC)[C@@H](c2ccsc2)C2=C(C[C@@H](c3ccccc3)[C@@H](C(=O)OCC)C2=O)N1. The molecular formula is C28H31NO5S. The Bertz CT molecular complexity index is 1150. The largest absolute Gasteiger partial charge is 0.465 e. The highest BCUT2D eigenvalue weighted by Gasteiger charge is 2.49. The van der Waals surface area contributed by atoms with Crippen molar-refractivity contribution in [3.05, 3.63) is 80.8 Å². The zero-order valence-corrected chi connectivity index (χ0v) is 21.2. The Morgan fingerprint density at radius 3 is 2.40 bits per heavy atom. The number of ketones is 1. The summed E-state index contributed by atoms with van der Waals surface area (Å²) in [6.07, 6.45) is 1.95. The van der Waals surface area contributed by atoms with Gasteiger partial charge in [-0.2, -0.15) is 11.3 Å². The molecule has 35 heavy (non-hydrogen) atoms. The number of hydrogen-bond acceptors (Lipinski definition) is 7. The number of dihydropyridines is 1. The number of hydrogen-bond donors (Lipinski definition) is 1. The topological polar surface area (TPSA) is 81.7 Å². The van der Waals surface area contributed by atoms with Gasteiger partial charge in [-0.05, 0) is 54.6 Å². The van der Waals surface area contributed by atoms with E-state index in [0.29, 0.717) is 24.0 Å². The predicted molar refractivity (Wildman–Crippen MR) is 135 cm³/mol. The van der Waals surface area contributed by atoms with Crippen molar-refractivity contribution in [3.8, 4) is 0 Å². The van der Waals surface area contributed by atoms with Gasteiger partial charge in [0.05, 0.1) is 18.8 Å². The maximum Gasteiger partial charge on any atom is 0.336 e. The molecule has 0 radical (unpaired) electrons. The Balaban J connectivity index is 1.89. The molecule has 4 rings (SSSR count). The van der Waals surface area contributed by atoms with Gasteiger partial charge in [0.2, 0.25) is 0 Å². The summed E-state index contributed by atoms with van der Waals surface area (Å²) in [5, 5.41) is 7.34. The Kier molecular flexibility index (Phi) is 7.86. The van der Waals surface area contributed by atoms with Gasteiger partial charge < -0.3 is 14.8 Å². The highest BCUT2D eigenvalue weighted by molar-refractivity contribution is 7.08. The van der Waals surface area contributed by atoms with Crippen molar-refractivity contribution < 1.29 is 23.9 Å². The van der Waals surface area contributed by atoms with E-state index in [-0.39, 0.29) is 24.9 Å². The van der Waals surface area contributed by atoms with Crippen molar-refractivity contribution in [2.75, 3.05) is 13.2 Å². The van der Waals surface area contributed by atoms with E-state index in [4.69, 9.17) is 9.47 Å². The number of esters is 2. The Morgan fingerprint density at radius 1 is 1.03 bits per heavy atom. The average molecular weight is 494 g/mol. The first-order valence-electron chi connectivity index (χ1n) is 12.2. The van der Waals surface area contributed by atoms with Crippen molar-refractivity contribution in [3.63, 3.8) is 0 Å². The zero-order valence-electron chi connectivity index (χ0n) is 20.3. The maximum absolute atomic E-state index is 14.2. The second-order valence-electron chi connectivity index (χ2n) is 8.68. The van der Waals surface area contributed by atoms with Gasteiger partial charge in [-0.25, -0.2) is 4.79 Å². The number of thiophene rings is 1. The highest BCUT2D eigenvalue weighted by Crippen LogP contribution is 2.48. The molecule has 0 spiro atoms. The molecule has 1 N–H and O–H groups in total. The molecule has 7 heteroatoms. The number of rotatable bonds is 8. The van der Waals surface area contributed by atoms with Crippen molar-refractivity contribution in [2.24, 2.45) is 5.92 Å². The van der Waals surface area contributed by atoms with E-state index in [0.717, 1.165) is 28.9 Å². The fraction of sp³-hybridized carbons (Fsp3) is 0.393. The van der Waals surface area contributed by atoms with Gasteiger partial charge >= 0.3 is 11.9 Å². The molecule has 0 fully saturated rings. The average Bonchev–Trinajstić information content (AvgIpc) is 3.39. The molecular weight excluding hydrogens is 462 g/mol. The summed E-state index contributed by atoms with van der Waals surface area (Å²) in [5.41, 5.74) is 4.26. The molecule has 0 bridgehead atoms. The Morgan fingerprint density at radius 2 is 1.77 bits per heavy atom. The normalized spacial score (nSPS) is 21.9. The molecule has 3 atom stereocenters. The molecule has 2 aromatic rings. The number of nitrogens with one attached hydrogen (secondary N) is 1. The smallest absolute Gasteiger partial charge is 0.336 e. The first kappa shape index (κ1) is 24.9. The van der Waals surface area contributed by atoms with Crippen LogP contribution in [0.5, 0.6) is 0 Å². The van der Waals surface area contributed by atoms with Gasteiger partial charge in [-0.15, -0.1) is 0 Å². The maximum atomic E-state index is 14.2. The fourth-order valence-corrected chi connectivity index (χ4v) is 5.82. The van der Waals surface area contributed by atoms with Crippen molar-refractivity contribution >= 4 is 29.1 Å². The molecule has 184 valence electrons. The lowest BCUT2D eigenvalue weighted by Gasteiger charge is -2.39. The number of carbonyl (C=O) groups is 3. The van der Waals surface area contributed by atoms with Crippen LogP contribution in [0.3, 0.4) is 0 Å². The van der Waals surface area contributed by atoms with E-state index < -0.39 is 23.8 Å². The number of ether oxygens (including phenoxy) is 2. The first-order chi connectivity index (χ1) is 17.0. The number of allylic oxidation sites excluding steroid dienone is 3. The van der Waals surface area contributed by atoms with Crippen LogP contribution in [0.15, 0.2) is 69.7 Å². The van der Waals surface area contributed by atoms with E-state index >= 15 is 0 Å². The molecule has 6 nitrogen and oxygen atoms in total. The summed E-state index contributed by atoms with van der Waals surface area (Å²) in [6, 6.07) is 11.6. The van der Waals surface area contributed by atoms with Crippen LogP contribution in [0, 0.1) is 5.92 Å². The van der Waals surface area contributed by atoms with Gasteiger partial charge in [-0.3, -0.25) is 9.59 Å². The van der Waals surface area contributed by atoms with Gasteiger partial charge in [0, 0.05) is 28.8 Å². The number of Topliss-reactive ketones (excluding diaryl/α,β-unsaturated/α-hetero) is 1. The second kappa shape index (κ2) is 11.0. The van der Waals surface area contributed by atoms with Crippen LogP contribution < -0.4 is 5.32 Å². The van der Waals surface area contributed by atoms with Crippen LogP contribution in [0.25, 0.3) is 0 Å². The van der Waals surface area contributed by atoms with Gasteiger partial charge in [0.15, 0.2) is 5.78 Å². The lowest BCUT2D eigenvalue weighted by atomic mass is 9.67. The molecule has 2 heterocycles. The summed E-state index contributed by atoms with van der Waals surface area (Å²) in [5.74, 6) is -3.17. The minimum Gasteiger partial charge on any atom is -0.465 e. The minimum atomic E-state index is -0.977. The van der Waals surface area contributed by atoms with Crippen LogP contribution in [0.4, 0.5) is 0 Å². The summed E-state index contributed by atoms with van der Waals surface area (Å²) < 4.78 is 10.8. The van der Waals surface area contributed by atoms with Crippen LogP contribution in [0.2, 0.25) is 0 Å². The van der Waals surface area contributed by atoms with Crippen LogP contribution in [0.1, 0.15) is 63.0 Å². The summed E-state index contributed by atoms with van der Waals surface area (Å²) in [4.78, 5) is 40.6.